The Balaban J connectivity index is 1.48. The molecule has 0 saturated carbocycles. The Morgan fingerprint density at radius 2 is 0.913 bits per heavy atom. The summed E-state index contributed by atoms with van der Waals surface area (Å²) >= 11 is 0. The third-order valence-corrected chi connectivity index (χ3v) is 8.15. The molecule has 0 heteroatoms. The summed E-state index contributed by atoms with van der Waals surface area (Å²) in [6, 6.07) is 8.95. The van der Waals surface area contributed by atoms with Crippen LogP contribution < -0.4 is 0 Å². The zero-order valence-electron chi connectivity index (χ0n) is 41.9. The van der Waals surface area contributed by atoms with Crippen LogP contribution in [0.25, 0.3) is 87.6 Å². The van der Waals surface area contributed by atoms with Gasteiger partial charge in [-0.1, -0.05) is 169 Å². The predicted molar refractivity (Wildman–Crippen MR) is 198 cm³/mol. The van der Waals surface area contributed by atoms with Crippen LogP contribution in [0, 0.1) is 0 Å². The van der Waals surface area contributed by atoms with Crippen molar-refractivity contribution in [1.82, 2.24) is 0 Å². The van der Waals surface area contributed by atoms with Gasteiger partial charge in [-0.3, -0.25) is 0 Å². The van der Waals surface area contributed by atoms with Crippen molar-refractivity contribution >= 4 is 43.1 Å². The second-order valence-corrected chi connectivity index (χ2v) is 10.7. The summed E-state index contributed by atoms with van der Waals surface area (Å²) < 4.78 is 162. The number of hydrogen-bond donors (Lipinski definition) is 0. The van der Waals surface area contributed by atoms with Crippen LogP contribution >= 0.6 is 0 Å². The van der Waals surface area contributed by atoms with Gasteiger partial charge in [-0.2, -0.15) is 0 Å². The summed E-state index contributed by atoms with van der Waals surface area (Å²) in [5.41, 5.74) is 0.212. The van der Waals surface area contributed by atoms with E-state index in [1.165, 1.54) is 6.07 Å². The molecule has 9 aromatic rings. The van der Waals surface area contributed by atoms with Gasteiger partial charge in [0.05, 0.1) is 24.7 Å². The highest BCUT2D eigenvalue weighted by molar-refractivity contribution is 6.21. The third kappa shape index (κ3) is 4.30. The van der Waals surface area contributed by atoms with Crippen LogP contribution in [-0.2, 0) is 0 Å². The topological polar surface area (TPSA) is 0 Å². The van der Waals surface area contributed by atoms with Crippen molar-refractivity contribution in [1.29, 1.82) is 0 Å². The molecule has 0 atom stereocenters. The van der Waals surface area contributed by atoms with Gasteiger partial charge >= 0.3 is 0 Å². The summed E-state index contributed by atoms with van der Waals surface area (Å²) in [6.45, 7) is 0. The van der Waals surface area contributed by atoms with E-state index in [-0.39, 0.29) is 22.4 Å². The minimum atomic E-state index is -0.821. The van der Waals surface area contributed by atoms with Crippen LogP contribution in [0.1, 0.15) is 24.7 Å². The highest BCUT2D eigenvalue weighted by atomic mass is 14.2. The van der Waals surface area contributed by atoms with Gasteiger partial charge in [-0.05, 0) is 99.7 Å². The average Bonchev–Trinajstić information content (AvgIpc) is 3.28. The monoisotopic (exact) mass is 600 g/mol. The summed E-state index contributed by atoms with van der Waals surface area (Å²) in [5, 5.41) is -0.186. The van der Waals surface area contributed by atoms with Gasteiger partial charge in [-0.15, -0.1) is 0 Å². The van der Waals surface area contributed by atoms with Gasteiger partial charge < -0.3 is 0 Å². The van der Waals surface area contributed by atoms with Gasteiger partial charge in [0.15, 0.2) is 0 Å². The number of hydrogen-bond acceptors (Lipinski definition) is 0. The first-order valence-corrected chi connectivity index (χ1v) is 14.5. The molecular formula is C46H30. The van der Waals surface area contributed by atoms with Crippen molar-refractivity contribution in [3.63, 3.8) is 0 Å². The van der Waals surface area contributed by atoms with E-state index in [0.29, 0.717) is 5.56 Å². The number of fused-ring (bicyclic) bond motifs is 4. The van der Waals surface area contributed by atoms with Gasteiger partial charge in [0, 0.05) is 0 Å². The van der Waals surface area contributed by atoms with Gasteiger partial charge in [-0.25, -0.2) is 0 Å². The summed E-state index contributed by atoms with van der Waals surface area (Å²) in [5.74, 6) is 0. The van der Waals surface area contributed by atoms with E-state index in [4.69, 9.17) is 16.4 Å². The molecule has 0 saturated heterocycles. The van der Waals surface area contributed by atoms with E-state index in [9.17, 15) is 8.22 Å². The molecule has 9 aromatic carbocycles. The summed E-state index contributed by atoms with van der Waals surface area (Å²) in [7, 11) is 0. The number of benzene rings is 9. The van der Waals surface area contributed by atoms with Gasteiger partial charge in [0.2, 0.25) is 0 Å². The van der Waals surface area contributed by atoms with Crippen molar-refractivity contribution in [2.45, 2.75) is 0 Å². The Kier molecular flexibility index (Phi) is 3.30. The van der Waals surface area contributed by atoms with Crippen LogP contribution in [0.4, 0.5) is 0 Å². The lowest BCUT2D eigenvalue weighted by molar-refractivity contribution is 1.62. The first-order chi connectivity index (χ1) is 30.3. The molecule has 0 spiro atoms. The average molecular weight is 601 g/mol. The van der Waals surface area contributed by atoms with Crippen molar-refractivity contribution < 1.29 is 24.7 Å². The van der Waals surface area contributed by atoms with E-state index in [2.05, 4.69) is 0 Å². The SMILES string of the molecule is [2H]c1cc2c(-c3cccc(-c4cccc5ccccc45)c3)c([2H])c([2H])c([2H])c2c([2H])c1-c1c2c([2H])c([2H])c([2H])c([2H])c2c(-c2c([2H])c([2H])c([2H])c([2H])c2[2H])c2c([2H])c([2H])c([2H])c([2H])c12. The minimum Gasteiger partial charge on any atom is -0.0622 e. The lowest BCUT2D eigenvalue weighted by Gasteiger charge is -2.18. The second-order valence-electron chi connectivity index (χ2n) is 10.7. The van der Waals surface area contributed by atoms with Crippen LogP contribution in [0.2, 0.25) is 0 Å². The molecule has 0 bridgehead atoms. The van der Waals surface area contributed by atoms with E-state index in [0.717, 1.165) is 21.9 Å². The molecule has 46 heavy (non-hydrogen) atoms. The van der Waals surface area contributed by atoms with Crippen LogP contribution in [-0.4, -0.2) is 0 Å². The first kappa shape index (κ1) is 14.0. The highest BCUT2D eigenvalue weighted by Gasteiger charge is 2.17. The normalized spacial score (nSPS) is 17.0. The fourth-order valence-corrected chi connectivity index (χ4v) is 6.15. The molecule has 0 aliphatic heterocycles. The Morgan fingerprint density at radius 1 is 0.326 bits per heavy atom. The Morgan fingerprint density at radius 3 is 1.65 bits per heavy atom. The standard InChI is InChI=1S/C46H30/c1-2-14-32(15-3-1)45-41-21-6-8-23-43(41)46(44-24-9-7-22-42(44)45)36-27-28-40-35(30-36)19-12-26-39(40)34-18-10-17-33(29-34)38-25-11-16-31-13-4-5-20-37(31)38/h1-30H/i1D,2D,3D,6D,7D,8D,9D,12D,14D,15D,19D,21D,22D,23D,24D,26D,27D,30D. The van der Waals surface area contributed by atoms with Crippen LogP contribution in [0.15, 0.2) is 182 Å². The third-order valence-electron chi connectivity index (χ3n) is 8.15. The molecule has 0 fully saturated rings. The molecule has 0 aliphatic carbocycles. The van der Waals surface area contributed by atoms with Crippen molar-refractivity contribution in [3.8, 4) is 44.5 Å². The quantitative estimate of drug-likeness (QED) is 0.176. The lowest BCUT2D eigenvalue weighted by Crippen LogP contribution is -1.91. The zero-order chi connectivity index (χ0) is 46.1. The number of rotatable bonds is 4. The molecule has 0 nitrogen and oxygen atoms in total. The summed E-state index contributed by atoms with van der Waals surface area (Å²) in [4.78, 5) is 0. The zero-order valence-corrected chi connectivity index (χ0v) is 23.9. The van der Waals surface area contributed by atoms with Crippen LogP contribution in [0.5, 0.6) is 0 Å². The fraction of sp³-hybridized carbons (Fsp3) is 0. The fourth-order valence-electron chi connectivity index (χ4n) is 6.15. The first-order valence-electron chi connectivity index (χ1n) is 23.5. The molecule has 9 rings (SSSR count). The maximum absolute atomic E-state index is 9.81. The van der Waals surface area contributed by atoms with E-state index in [1.807, 2.05) is 54.6 Å². The molecule has 0 unspecified atom stereocenters. The smallest absolute Gasteiger partial charge is 0.0622 e. The van der Waals surface area contributed by atoms with E-state index >= 15 is 0 Å². The van der Waals surface area contributed by atoms with Crippen molar-refractivity contribution in [2.24, 2.45) is 0 Å². The molecule has 0 amide bonds. The van der Waals surface area contributed by atoms with E-state index < -0.39 is 147 Å². The summed E-state index contributed by atoms with van der Waals surface area (Å²) in [6.07, 6.45) is 0. The maximum Gasteiger partial charge on any atom is 0.0636 e. The Labute approximate surface area is 294 Å². The Bertz CT molecular complexity index is 3480. The minimum absolute atomic E-state index is 0.0630. The largest absolute Gasteiger partial charge is 0.0636 e. The molecule has 0 N–H and O–H groups in total. The van der Waals surface area contributed by atoms with Crippen LogP contribution in [0.3, 0.4) is 0 Å². The highest BCUT2D eigenvalue weighted by Crippen LogP contribution is 2.44. The molecule has 0 aliphatic rings. The molecule has 0 aromatic heterocycles. The predicted octanol–water partition coefficient (Wildman–Crippen LogP) is 13.0. The van der Waals surface area contributed by atoms with Crippen molar-refractivity contribution in [3.05, 3.63) is 182 Å². The lowest BCUT2D eigenvalue weighted by atomic mass is 9.85. The Hall–Kier alpha value is -5.98. The molecular weight excluding hydrogens is 553 g/mol. The molecule has 214 valence electrons. The maximum atomic E-state index is 9.81. The van der Waals surface area contributed by atoms with Gasteiger partial charge in [0.25, 0.3) is 0 Å². The molecule has 0 radical (unpaired) electrons. The second kappa shape index (κ2) is 10.9. The van der Waals surface area contributed by atoms with Gasteiger partial charge in [0.1, 0.15) is 0 Å². The van der Waals surface area contributed by atoms with E-state index in [1.54, 1.807) is 12.1 Å². The van der Waals surface area contributed by atoms with Crippen molar-refractivity contribution in [2.75, 3.05) is 0 Å². The molecule has 0 heterocycles.